The molecule has 0 aromatic heterocycles. The molecule has 0 unspecified atom stereocenters. The summed E-state index contributed by atoms with van der Waals surface area (Å²) in [6.07, 6.45) is 0.340. The number of anilines is 1. The molecule has 0 fully saturated rings. The fourth-order valence-corrected chi connectivity index (χ4v) is 1.87. The first-order valence-corrected chi connectivity index (χ1v) is 5.63. The second kappa shape index (κ2) is 5.68. The van der Waals surface area contributed by atoms with Crippen molar-refractivity contribution in [3.8, 4) is 5.75 Å². The molecule has 1 amide bonds. The van der Waals surface area contributed by atoms with Crippen LogP contribution < -0.4 is 15.4 Å². The Balaban J connectivity index is 3.15. The van der Waals surface area contributed by atoms with Crippen LogP contribution in [0.15, 0.2) is 12.1 Å². The number of rotatable bonds is 4. The number of benzene rings is 1. The number of nitrogens with two attached hydrogens (primary N) is 1. The van der Waals surface area contributed by atoms with Crippen LogP contribution in [0, 0.1) is 13.8 Å². The molecule has 0 aliphatic heterocycles. The number of carbonyl (C=O) groups is 1. The average Bonchev–Trinajstić information content (AvgIpc) is 2.27. The lowest BCUT2D eigenvalue weighted by atomic mass is 10.1. The smallest absolute Gasteiger partial charge is 0.228 e. The molecule has 2 N–H and O–H groups in total. The molecular weight excluding hydrogens is 216 g/mol. The van der Waals surface area contributed by atoms with Crippen molar-refractivity contribution in [2.75, 3.05) is 25.6 Å². The van der Waals surface area contributed by atoms with Crippen molar-refractivity contribution >= 4 is 11.6 Å². The van der Waals surface area contributed by atoms with E-state index < -0.39 is 0 Å². The monoisotopic (exact) mass is 236 g/mol. The Kier molecular flexibility index (Phi) is 4.52. The number of nitrogens with zero attached hydrogens (tertiary/aromatic N) is 1. The van der Waals surface area contributed by atoms with Gasteiger partial charge in [-0.2, -0.15) is 0 Å². The van der Waals surface area contributed by atoms with Gasteiger partial charge in [-0.25, -0.2) is 0 Å². The van der Waals surface area contributed by atoms with Crippen LogP contribution in [-0.2, 0) is 4.79 Å². The highest BCUT2D eigenvalue weighted by Gasteiger charge is 2.16. The van der Waals surface area contributed by atoms with E-state index in [1.807, 2.05) is 26.0 Å². The molecule has 0 heterocycles. The van der Waals surface area contributed by atoms with Crippen molar-refractivity contribution in [2.45, 2.75) is 20.3 Å². The van der Waals surface area contributed by atoms with E-state index in [1.54, 1.807) is 19.1 Å². The summed E-state index contributed by atoms with van der Waals surface area (Å²) in [6, 6.07) is 3.98. The molecule has 4 heteroatoms. The predicted molar refractivity (Wildman–Crippen MR) is 69.5 cm³/mol. The molecule has 0 spiro atoms. The van der Waals surface area contributed by atoms with Gasteiger partial charge in [-0.15, -0.1) is 0 Å². The van der Waals surface area contributed by atoms with E-state index in [4.69, 9.17) is 10.5 Å². The van der Waals surface area contributed by atoms with Crippen molar-refractivity contribution in [1.82, 2.24) is 0 Å². The van der Waals surface area contributed by atoms with E-state index in [2.05, 4.69) is 0 Å². The number of hydrogen-bond acceptors (Lipinski definition) is 3. The summed E-state index contributed by atoms with van der Waals surface area (Å²) in [6.45, 7) is 4.32. The lowest BCUT2D eigenvalue weighted by Gasteiger charge is -2.21. The zero-order valence-corrected chi connectivity index (χ0v) is 10.9. The van der Waals surface area contributed by atoms with Crippen LogP contribution in [0.4, 0.5) is 5.69 Å². The molecule has 1 aromatic carbocycles. The van der Waals surface area contributed by atoms with Gasteiger partial charge in [-0.3, -0.25) is 4.79 Å². The molecule has 0 saturated heterocycles. The molecule has 0 saturated carbocycles. The fraction of sp³-hybridized carbons (Fsp3) is 0.462. The van der Waals surface area contributed by atoms with Gasteiger partial charge in [0.15, 0.2) is 0 Å². The maximum Gasteiger partial charge on any atom is 0.228 e. The Morgan fingerprint density at radius 1 is 1.41 bits per heavy atom. The Bertz CT molecular complexity index is 416. The quantitative estimate of drug-likeness (QED) is 0.864. The lowest BCUT2D eigenvalue weighted by molar-refractivity contribution is -0.118. The molecule has 1 rings (SSSR count). The highest BCUT2D eigenvalue weighted by Crippen LogP contribution is 2.32. The lowest BCUT2D eigenvalue weighted by Crippen LogP contribution is -2.28. The molecule has 4 nitrogen and oxygen atoms in total. The summed E-state index contributed by atoms with van der Waals surface area (Å²) in [7, 11) is 3.36. The van der Waals surface area contributed by atoms with Crippen LogP contribution in [0.3, 0.4) is 0 Å². The number of aryl methyl sites for hydroxylation is 2. The molecule has 0 aliphatic rings. The number of amides is 1. The minimum atomic E-state index is -0.00389. The molecule has 0 atom stereocenters. The first-order valence-electron chi connectivity index (χ1n) is 5.63. The Hall–Kier alpha value is -1.55. The molecule has 17 heavy (non-hydrogen) atoms. The van der Waals surface area contributed by atoms with Gasteiger partial charge in [0.1, 0.15) is 5.75 Å². The van der Waals surface area contributed by atoms with Gasteiger partial charge in [-0.05, 0) is 31.0 Å². The average molecular weight is 236 g/mol. The zero-order chi connectivity index (χ0) is 13.0. The molecule has 94 valence electrons. The van der Waals surface area contributed by atoms with Crippen molar-refractivity contribution in [1.29, 1.82) is 0 Å². The molecule has 1 aromatic rings. The fourth-order valence-electron chi connectivity index (χ4n) is 1.87. The number of carbonyl (C=O) groups excluding carboxylic acids is 1. The number of methoxy groups -OCH3 is 1. The Morgan fingerprint density at radius 3 is 2.59 bits per heavy atom. The second-order valence-corrected chi connectivity index (χ2v) is 4.13. The zero-order valence-electron chi connectivity index (χ0n) is 10.9. The summed E-state index contributed by atoms with van der Waals surface area (Å²) in [5.41, 5.74) is 8.32. The summed E-state index contributed by atoms with van der Waals surface area (Å²) < 4.78 is 5.36. The van der Waals surface area contributed by atoms with Crippen LogP contribution in [0.25, 0.3) is 0 Å². The van der Waals surface area contributed by atoms with Gasteiger partial charge in [0.05, 0.1) is 12.8 Å². The second-order valence-electron chi connectivity index (χ2n) is 4.13. The molecule has 0 radical (unpaired) electrons. The topological polar surface area (TPSA) is 55.6 Å². The van der Waals surface area contributed by atoms with Crippen molar-refractivity contribution < 1.29 is 9.53 Å². The number of hydrogen-bond donors (Lipinski definition) is 1. The molecular formula is C13H20N2O2. The SMILES string of the molecule is COc1c(C)cc(C)cc1N(C)C(=O)CCN. The largest absolute Gasteiger partial charge is 0.494 e. The molecule has 0 aliphatic carbocycles. The van der Waals surface area contributed by atoms with Gasteiger partial charge < -0.3 is 15.4 Å². The van der Waals surface area contributed by atoms with Gasteiger partial charge in [0, 0.05) is 20.0 Å². The van der Waals surface area contributed by atoms with Crippen LogP contribution in [-0.4, -0.2) is 26.6 Å². The number of ether oxygens (including phenoxy) is 1. The normalized spacial score (nSPS) is 10.2. The van der Waals surface area contributed by atoms with Crippen LogP contribution >= 0.6 is 0 Å². The molecule has 0 bridgehead atoms. The van der Waals surface area contributed by atoms with E-state index >= 15 is 0 Å². The van der Waals surface area contributed by atoms with Crippen LogP contribution in [0.1, 0.15) is 17.5 Å². The maximum atomic E-state index is 11.8. The van der Waals surface area contributed by atoms with Crippen LogP contribution in [0.2, 0.25) is 0 Å². The summed E-state index contributed by atoms with van der Waals surface area (Å²) >= 11 is 0. The summed E-state index contributed by atoms with van der Waals surface area (Å²) in [5.74, 6) is 0.735. The Morgan fingerprint density at radius 2 is 2.06 bits per heavy atom. The third-order valence-electron chi connectivity index (χ3n) is 2.70. The van der Waals surface area contributed by atoms with E-state index in [-0.39, 0.29) is 5.91 Å². The highest BCUT2D eigenvalue weighted by atomic mass is 16.5. The third-order valence-corrected chi connectivity index (χ3v) is 2.70. The van der Waals surface area contributed by atoms with Gasteiger partial charge in [0.25, 0.3) is 0 Å². The van der Waals surface area contributed by atoms with Gasteiger partial charge in [0.2, 0.25) is 5.91 Å². The van der Waals surface area contributed by atoms with Gasteiger partial charge in [-0.1, -0.05) is 6.07 Å². The minimum absolute atomic E-state index is 0.00389. The van der Waals surface area contributed by atoms with E-state index in [0.29, 0.717) is 13.0 Å². The Labute approximate surface area is 102 Å². The van der Waals surface area contributed by atoms with E-state index in [0.717, 1.165) is 22.6 Å². The maximum absolute atomic E-state index is 11.8. The standard InChI is InChI=1S/C13H20N2O2/c1-9-7-10(2)13(17-4)11(8-9)15(3)12(16)5-6-14/h7-8H,5-6,14H2,1-4H3. The van der Waals surface area contributed by atoms with Gasteiger partial charge >= 0.3 is 0 Å². The van der Waals surface area contributed by atoms with Crippen molar-refractivity contribution in [3.63, 3.8) is 0 Å². The highest BCUT2D eigenvalue weighted by molar-refractivity contribution is 5.94. The van der Waals surface area contributed by atoms with E-state index in [1.165, 1.54) is 0 Å². The van der Waals surface area contributed by atoms with E-state index in [9.17, 15) is 4.79 Å². The first kappa shape index (κ1) is 13.5. The predicted octanol–water partition coefficient (Wildman–Crippen LogP) is 1.62. The van der Waals surface area contributed by atoms with Crippen molar-refractivity contribution in [2.24, 2.45) is 5.73 Å². The third kappa shape index (κ3) is 2.97. The van der Waals surface area contributed by atoms with Crippen molar-refractivity contribution in [3.05, 3.63) is 23.3 Å². The van der Waals surface area contributed by atoms with Crippen LogP contribution in [0.5, 0.6) is 5.75 Å². The summed E-state index contributed by atoms with van der Waals surface area (Å²) in [5, 5.41) is 0. The summed E-state index contributed by atoms with van der Waals surface area (Å²) in [4.78, 5) is 13.4. The first-order chi connectivity index (χ1) is 8.01. The minimum Gasteiger partial charge on any atom is -0.494 e.